The number of anilines is 1. The Balaban J connectivity index is 2.18. The van der Waals surface area contributed by atoms with Gasteiger partial charge in [-0.2, -0.15) is 18.3 Å². The first kappa shape index (κ1) is 13.9. The molecule has 0 atom stereocenters. The second-order valence-electron chi connectivity index (χ2n) is 3.91. The molecule has 1 aromatic rings. The number of amides is 1. The number of hydrogen-bond donors (Lipinski definition) is 1. The van der Waals surface area contributed by atoms with E-state index in [1.807, 2.05) is 0 Å². The molecule has 1 amide bonds. The van der Waals surface area contributed by atoms with Gasteiger partial charge in [0.15, 0.2) is 11.5 Å². The van der Waals surface area contributed by atoms with Crippen LogP contribution in [0.1, 0.15) is 12.0 Å². The maximum absolute atomic E-state index is 12.5. The summed E-state index contributed by atoms with van der Waals surface area (Å²) in [5, 5.41) is 9.00. The minimum Gasteiger partial charge on any atom is -0.320 e. The lowest BCUT2D eigenvalue weighted by Gasteiger charge is -2.10. The van der Waals surface area contributed by atoms with Crippen molar-refractivity contribution < 1.29 is 22.8 Å². The van der Waals surface area contributed by atoms with Crippen molar-refractivity contribution in [1.29, 1.82) is 0 Å². The van der Waals surface area contributed by atoms with E-state index >= 15 is 0 Å². The molecular weight excluding hydrogens is 275 g/mol. The van der Waals surface area contributed by atoms with Gasteiger partial charge >= 0.3 is 6.18 Å². The van der Waals surface area contributed by atoms with Gasteiger partial charge in [-0.25, -0.2) is 0 Å². The molecule has 2 rings (SSSR count). The van der Waals surface area contributed by atoms with Crippen LogP contribution in [-0.4, -0.2) is 23.6 Å². The number of benzene rings is 1. The van der Waals surface area contributed by atoms with Gasteiger partial charge in [-0.05, 0) is 18.2 Å². The molecule has 20 heavy (non-hydrogen) atoms. The second-order valence-corrected chi connectivity index (χ2v) is 3.91. The van der Waals surface area contributed by atoms with Crippen molar-refractivity contribution in [3.05, 3.63) is 29.8 Å². The molecule has 0 saturated heterocycles. The summed E-state index contributed by atoms with van der Waals surface area (Å²) in [7, 11) is 0. The Morgan fingerprint density at radius 3 is 2.70 bits per heavy atom. The van der Waals surface area contributed by atoms with Crippen molar-refractivity contribution in [1.82, 2.24) is 0 Å². The van der Waals surface area contributed by atoms with Gasteiger partial charge in [-0.3, -0.25) is 9.59 Å². The van der Waals surface area contributed by atoms with E-state index in [1.165, 1.54) is 12.3 Å². The molecule has 1 aliphatic rings. The number of Topliss-reactive ketones (excluding diaryl/α,β-unsaturated/α-hetero) is 1. The minimum atomic E-state index is -4.51. The highest BCUT2D eigenvalue weighted by Crippen LogP contribution is 2.30. The number of ketones is 1. The number of rotatable bonds is 2. The number of nitrogens with zero attached hydrogens (tertiary/aromatic N) is 2. The SMILES string of the molecule is O=C1CC=NN=C1C(=O)Nc1cccc(C(F)(F)F)c1. The van der Waals surface area contributed by atoms with Crippen molar-refractivity contribution in [3.63, 3.8) is 0 Å². The maximum Gasteiger partial charge on any atom is 0.416 e. The summed E-state index contributed by atoms with van der Waals surface area (Å²) in [5.74, 6) is -1.42. The van der Waals surface area contributed by atoms with Crippen LogP contribution in [0, 0.1) is 0 Å². The Morgan fingerprint density at radius 1 is 1.30 bits per heavy atom. The molecule has 1 heterocycles. The Bertz CT molecular complexity index is 621. The summed E-state index contributed by atoms with van der Waals surface area (Å²) in [6.07, 6.45) is -3.33. The van der Waals surface area contributed by atoms with Crippen LogP contribution in [0.3, 0.4) is 0 Å². The number of nitrogens with one attached hydrogen (secondary N) is 1. The number of carbonyl (C=O) groups excluding carboxylic acids is 2. The molecule has 0 saturated carbocycles. The molecule has 1 aromatic carbocycles. The predicted molar refractivity (Wildman–Crippen MR) is 65.6 cm³/mol. The molecule has 1 aliphatic heterocycles. The van der Waals surface area contributed by atoms with Crippen LogP contribution in [0.4, 0.5) is 18.9 Å². The smallest absolute Gasteiger partial charge is 0.320 e. The van der Waals surface area contributed by atoms with E-state index in [0.717, 1.165) is 18.2 Å². The summed E-state index contributed by atoms with van der Waals surface area (Å²) in [5.41, 5.74) is -1.40. The van der Waals surface area contributed by atoms with E-state index in [0.29, 0.717) is 0 Å². The lowest BCUT2D eigenvalue weighted by Crippen LogP contribution is -2.31. The van der Waals surface area contributed by atoms with Crippen molar-refractivity contribution in [2.75, 3.05) is 5.32 Å². The summed E-state index contributed by atoms with van der Waals surface area (Å²) in [6, 6.07) is 4.09. The molecule has 8 heteroatoms. The number of carbonyl (C=O) groups is 2. The molecule has 1 N–H and O–H groups in total. The van der Waals surface area contributed by atoms with E-state index in [2.05, 4.69) is 15.5 Å². The zero-order chi connectivity index (χ0) is 14.8. The Labute approximate surface area is 111 Å². The summed E-state index contributed by atoms with van der Waals surface area (Å²) in [4.78, 5) is 23.1. The average molecular weight is 283 g/mol. The lowest BCUT2D eigenvalue weighted by atomic mass is 10.1. The van der Waals surface area contributed by atoms with E-state index in [-0.39, 0.29) is 12.1 Å². The lowest BCUT2D eigenvalue weighted by molar-refractivity contribution is -0.137. The van der Waals surface area contributed by atoms with E-state index in [1.54, 1.807) is 0 Å². The number of alkyl halides is 3. The van der Waals surface area contributed by atoms with Gasteiger partial charge in [0.2, 0.25) is 0 Å². The van der Waals surface area contributed by atoms with Crippen molar-refractivity contribution in [2.45, 2.75) is 12.6 Å². The zero-order valence-electron chi connectivity index (χ0n) is 9.94. The molecule has 5 nitrogen and oxygen atoms in total. The fraction of sp³-hybridized carbons (Fsp3) is 0.167. The van der Waals surface area contributed by atoms with Gasteiger partial charge in [0.05, 0.1) is 12.0 Å². The van der Waals surface area contributed by atoms with Crippen LogP contribution in [0.15, 0.2) is 34.5 Å². The van der Waals surface area contributed by atoms with Crippen LogP contribution in [-0.2, 0) is 15.8 Å². The van der Waals surface area contributed by atoms with Crippen LogP contribution in [0.5, 0.6) is 0 Å². The van der Waals surface area contributed by atoms with Gasteiger partial charge in [0.1, 0.15) is 0 Å². The average Bonchev–Trinajstić information content (AvgIpc) is 2.38. The summed E-state index contributed by atoms with van der Waals surface area (Å²) < 4.78 is 37.5. The fourth-order valence-electron chi connectivity index (χ4n) is 1.51. The maximum atomic E-state index is 12.5. The first-order valence-electron chi connectivity index (χ1n) is 5.49. The Morgan fingerprint density at radius 2 is 2.05 bits per heavy atom. The predicted octanol–water partition coefficient (Wildman–Crippen LogP) is 2.04. The largest absolute Gasteiger partial charge is 0.416 e. The third kappa shape index (κ3) is 3.08. The zero-order valence-corrected chi connectivity index (χ0v) is 9.94. The molecule has 0 unspecified atom stereocenters. The molecule has 0 aliphatic carbocycles. The van der Waals surface area contributed by atoms with Crippen LogP contribution in [0.25, 0.3) is 0 Å². The molecule has 0 aromatic heterocycles. The van der Waals surface area contributed by atoms with E-state index in [4.69, 9.17) is 0 Å². The molecular formula is C12H8F3N3O2. The highest BCUT2D eigenvalue weighted by atomic mass is 19.4. The van der Waals surface area contributed by atoms with Crippen LogP contribution < -0.4 is 5.32 Å². The summed E-state index contributed by atoms with van der Waals surface area (Å²) in [6.45, 7) is 0. The first-order chi connectivity index (χ1) is 9.38. The number of hydrogen-bond acceptors (Lipinski definition) is 4. The van der Waals surface area contributed by atoms with Gasteiger partial charge in [0, 0.05) is 11.9 Å². The van der Waals surface area contributed by atoms with Crippen molar-refractivity contribution >= 4 is 29.3 Å². The highest BCUT2D eigenvalue weighted by molar-refractivity contribution is 6.68. The molecule has 0 spiro atoms. The van der Waals surface area contributed by atoms with Crippen LogP contribution in [0.2, 0.25) is 0 Å². The van der Waals surface area contributed by atoms with Crippen molar-refractivity contribution in [2.24, 2.45) is 10.2 Å². The fourth-order valence-corrected chi connectivity index (χ4v) is 1.51. The Hall–Kier alpha value is -2.51. The molecule has 104 valence electrons. The first-order valence-corrected chi connectivity index (χ1v) is 5.49. The third-order valence-electron chi connectivity index (χ3n) is 2.44. The normalized spacial score (nSPS) is 14.9. The monoisotopic (exact) mass is 283 g/mol. The highest BCUT2D eigenvalue weighted by Gasteiger charge is 2.30. The third-order valence-corrected chi connectivity index (χ3v) is 2.44. The van der Waals surface area contributed by atoms with Crippen molar-refractivity contribution in [3.8, 4) is 0 Å². The molecule has 0 radical (unpaired) electrons. The summed E-state index contributed by atoms with van der Waals surface area (Å²) >= 11 is 0. The van der Waals surface area contributed by atoms with Gasteiger partial charge < -0.3 is 5.32 Å². The number of halogens is 3. The molecule has 0 fully saturated rings. The van der Waals surface area contributed by atoms with Gasteiger partial charge in [-0.1, -0.05) is 6.07 Å². The second kappa shape index (κ2) is 5.24. The standard InChI is InChI=1S/C12H8F3N3O2/c13-12(14,15)7-2-1-3-8(6-7)17-11(20)10-9(19)4-5-16-18-10/h1-3,5-6H,4H2,(H,17,20). The molecule has 0 bridgehead atoms. The van der Waals surface area contributed by atoms with Crippen LogP contribution >= 0.6 is 0 Å². The van der Waals surface area contributed by atoms with Gasteiger partial charge in [-0.15, -0.1) is 5.10 Å². The van der Waals surface area contributed by atoms with E-state index in [9.17, 15) is 22.8 Å². The topological polar surface area (TPSA) is 70.9 Å². The van der Waals surface area contributed by atoms with Gasteiger partial charge in [0.25, 0.3) is 5.91 Å². The minimum absolute atomic E-state index is 0.0607. The van der Waals surface area contributed by atoms with E-state index < -0.39 is 29.1 Å². The Kier molecular flexibility index (Phi) is 3.64. The quantitative estimate of drug-likeness (QED) is 0.902.